The molecule has 1 heterocycles. The third-order valence-electron chi connectivity index (χ3n) is 3.85. The third kappa shape index (κ3) is 5.61. The molecule has 0 saturated heterocycles. The maximum atomic E-state index is 12.3. The van der Waals surface area contributed by atoms with Crippen molar-refractivity contribution in [3.63, 3.8) is 0 Å². The number of esters is 1. The molecule has 0 bridgehead atoms. The van der Waals surface area contributed by atoms with Crippen molar-refractivity contribution in [2.45, 2.75) is 25.8 Å². The van der Waals surface area contributed by atoms with Gasteiger partial charge in [-0.05, 0) is 12.1 Å². The van der Waals surface area contributed by atoms with Gasteiger partial charge in [-0.3, -0.25) is 14.4 Å². The normalized spacial score (nSPS) is 10.1. The summed E-state index contributed by atoms with van der Waals surface area (Å²) in [6.07, 6.45) is 0.0833. The Morgan fingerprint density at radius 2 is 1.82 bits per heavy atom. The summed E-state index contributed by atoms with van der Waals surface area (Å²) >= 11 is 0. The number of carbonyl (C=O) groups is 2. The number of hydrogen-bond acceptors (Lipinski definition) is 8. The molecular weight excluding hydrogens is 364 g/mol. The molecule has 0 fully saturated rings. The average Bonchev–Trinajstić information content (AvgIpc) is 2.72. The van der Waals surface area contributed by atoms with Gasteiger partial charge in [-0.15, -0.1) is 5.10 Å². The first-order chi connectivity index (χ1) is 13.6. The SMILES string of the molecule is N#CCCN(CCC#N)C(=O)COC(=O)CCn1nnc2ccccc2c1=O. The first-order valence-corrected chi connectivity index (χ1v) is 8.56. The summed E-state index contributed by atoms with van der Waals surface area (Å²) in [6, 6.07) is 10.6. The maximum Gasteiger partial charge on any atom is 0.308 e. The Morgan fingerprint density at radius 1 is 1.14 bits per heavy atom. The van der Waals surface area contributed by atoms with Crippen LogP contribution in [0.2, 0.25) is 0 Å². The molecule has 28 heavy (non-hydrogen) atoms. The van der Waals surface area contributed by atoms with Crippen molar-refractivity contribution >= 4 is 22.8 Å². The quantitative estimate of drug-likeness (QED) is 0.567. The van der Waals surface area contributed by atoms with Gasteiger partial charge in [0, 0.05) is 13.1 Å². The first-order valence-electron chi connectivity index (χ1n) is 8.56. The number of rotatable bonds is 9. The summed E-state index contributed by atoms with van der Waals surface area (Å²) < 4.78 is 6.00. The van der Waals surface area contributed by atoms with Crippen molar-refractivity contribution in [1.82, 2.24) is 19.9 Å². The summed E-state index contributed by atoms with van der Waals surface area (Å²) in [5.41, 5.74) is 0.0976. The molecule has 0 unspecified atom stereocenters. The van der Waals surface area contributed by atoms with Crippen molar-refractivity contribution in [1.29, 1.82) is 10.5 Å². The van der Waals surface area contributed by atoms with Gasteiger partial charge in [-0.2, -0.15) is 10.5 Å². The zero-order chi connectivity index (χ0) is 20.4. The predicted molar refractivity (Wildman–Crippen MR) is 96.4 cm³/mol. The zero-order valence-electron chi connectivity index (χ0n) is 15.1. The minimum Gasteiger partial charge on any atom is -0.456 e. The first kappa shape index (κ1) is 20.5. The molecule has 0 spiro atoms. The van der Waals surface area contributed by atoms with Crippen LogP contribution in [-0.2, 0) is 20.9 Å². The van der Waals surface area contributed by atoms with Crippen LogP contribution in [0.25, 0.3) is 10.9 Å². The van der Waals surface area contributed by atoms with E-state index in [9.17, 15) is 14.4 Å². The Morgan fingerprint density at radius 3 is 2.50 bits per heavy atom. The fourth-order valence-electron chi connectivity index (χ4n) is 2.40. The van der Waals surface area contributed by atoms with Crippen molar-refractivity contribution in [3.05, 3.63) is 34.6 Å². The van der Waals surface area contributed by atoms with Crippen LogP contribution in [0.5, 0.6) is 0 Å². The monoisotopic (exact) mass is 382 g/mol. The van der Waals surface area contributed by atoms with E-state index >= 15 is 0 Å². The van der Waals surface area contributed by atoms with Crippen LogP contribution in [0.3, 0.4) is 0 Å². The molecule has 0 atom stereocenters. The third-order valence-corrected chi connectivity index (χ3v) is 3.85. The topological polar surface area (TPSA) is 142 Å². The lowest BCUT2D eigenvalue weighted by atomic mass is 10.2. The molecule has 0 aliphatic carbocycles. The molecule has 0 radical (unpaired) electrons. The average molecular weight is 382 g/mol. The fraction of sp³-hybridized carbons (Fsp3) is 0.389. The van der Waals surface area contributed by atoms with Gasteiger partial charge in [0.15, 0.2) is 6.61 Å². The fourth-order valence-corrected chi connectivity index (χ4v) is 2.40. The van der Waals surface area contributed by atoms with Crippen LogP contribution in [0.15, 0.2) is 29.1 Å². The summed E-state index contributed by atoms with van der Waals surface area (Å²) in [5, 5.41) is 25.4. The summed E-state index contributed by atoms with van der Waals surface area (Å²) in [7, 11) is 0. The molecule has 1 aromatic carbocycles. The van der Waals surface area contributed by atoms with E-state index in [1.807, 2.05) is 12.1 Å². The second-order valence-electron chi connectivity index (χ2n) is 5.74. The van der Waals surface area contributed by atoms with E-state index in [-0.39, 0.29) is 44.5 Å². The number of hydrogen-bond donors (Lipinski definition) is 0. The maximum absolute atomic E-state index is 12.3. The highest BCUT2D eigenvalue weighted by molar-refractivity contribution is 5.80. The van der Waals surface area contributed by atoms with Gasteiger partial charge in [0.25, 0.3) is 11.5 Å². The van der Waals surface area contributed by atoms with E-state index in [4.69, 9.17) is 15.3 Å². The van der Waals surface area contributed by atoms with Gasteiger partial charge >= 0.3 is 5.97 Å². The number of carbonyl (C=O) groups excluding carboxylic acids is 2. The highest BCUT2D eigenvalue weighted by Gasteiger charge is 2.16. The number of aryl methyl sites for hydroxylation is 1. The molecular formula is C18H18N6O4. The molecule has 2 rings (SSSR count). The van der Waals surface area contributed by atoms with Crippen LogP contribution in [0.1, 0.15) is 19.3 Å². The number of nitriles is 2. The molecule has 2 aromatic rings. The van der Waals surface area contributed by atoms with Crippen LogP contribution < -0.4 is 5.56 Å². The van der Waals surface area contributed by atoms with Gasteiger partial charge in [0.05, 0.1) is 43.3 Å². The number of amides is 1. The van der Waals surface area contributed by atoms with E-state index in [2.05, 4.69) is 10.3 Å². The number of aromatic nitrogens is 3. The lowest BCUT2D eigenvalue weighted by Crippen LogP contribution is -2.36. The minimum atomic E-state index is -0.671. The molecule has 1 aromatic heterocycles. The lowest BCUT2D eigenvalue weighted by Gasteiger charge is -2.20. The van der Waals surface area contributed by atoms with Crippen LogP contribution in [0, 0.1) is 22.7 Å². The van der Waals surface area contributed by atoms with E-state index < -0.39 is 18.5 Å². The molecule has 10 nitrogen and oxygen atoms in total. The second kappa shape index (κ2) is 10.4. The van der Waals surface area contributed by atoms with Crippen LogP contribution in [-0.4, -0.2) is 51.5 Å². The second-order valence-corrected chi connectivity index (χ2v) is 5.74. The molecule has 0 saturated carbocycles. The largest absolute Gasteiger partial charge is 0.456 e. The minimum absolute atomic E-state index is 0.0315. The summed E-state index contributed by atoms with van der Waals surface area (Å²) in [5.74, 6) is -1.16. The van der Waals surface area contributed by atoms with Gasteiger partial charge in [0.2, 0.25) is 0 Å². The Balaban J connectivity index is 1.87. The lowest BCUT2D eigenvalue weighted by molar-refractivity contribution is -0.152. The Hall–Kier alpha value is -3.79. The number of fused-ring (bicyclic) bond motifs is 1. The molecule has 0 N–H and O–H groups in total. The highest BCUT2D eigenvalue weighted by atomic mass is 16.5. The van der Waals surface area contributed by atoms with E-state index in [0.717, 1.165) is 4.68 Å². The molecule has 0 aliphatic rings. The number of nitrogens with zero attached hydrogens (tertiary/aromatic N) is 6. The summed E-state index contributed by atoms with van der Waals surface area (Å²) in [4.78, 5) is 37.6. The van der Waals surface area contributed by atoms with Crippen molar-refractivity contribution in [2.75, 3.05) is 19.7 Å². The predicted octanol–water partition coefficient (Wildman–Crippen LogP) is 0.381. The van der Waals surface area contributed by atoms with E-state index in [1.54, 1.807) is 24.3 Å². The van der Waals surface area contributed by atoms with Gasteiger partial charge in [-0.25, -0.2) is 4.68 Å². The summed E-state index contributed by atoms with van der Waals surface area (Å²) in [6.45, 7) is -0.197. The Labute approximate surface area is 160 Å². The zero-order valence-corrected chi connectivity index (χ0v) is 15.1. The smallest absolute Gasteiger partial charge is 0.308 e. The van der Waals surface area contributed by atoms with E-state index in [1.165, 1.54) is 4.90 Å². The Kier molecular flexibility index (Phi) is 7.61. The van der Waals surface area contributed by atoms with Crippen molar-refractivity contribution in [3.8, 4) is 12.1 Å². The molecule has 144 valence electrons. The van der Waals surface area contributed by atoms with Crippen molar-refractivity contribution in [2.24, 2.45) is 0 Å². The van der Waals surface area contributed by atoms with Gasteiger partial charge in [0.1, 0.15) is 5.52 Å². The van der Waals surface area contributed by atoms with Gasteiger partial charge in [-0.1, -0.05) is 17.3 Å². The molecule has 10 heteroatoms. The molecule has 1 amide bonds. The number of ether oxygens (including phenoxy) is 1. The highest BCUT2D eigenvalue weighted by Crippen LogP contribution is 2.04. The number of benzene rings is 1. The molecule has 0 aliphatic heterocycles. The van der Waals surface area contributed by atoms with Gasteiger partial charge < -0.3 is 9.64 Å². The van der Waals surface area contributed by atoms with Crippen LogP contribution in [0.4, 0.5) is 0 Å². The Bertz CT molecular complexity index is 970. The van der Waals surface area contributed by atoms with E-state index in [0.29, 0.717) is 10.9 Å². The standard InChI is InChI=1S/C18H18N6O4/c19-8-3-10-23(11-4-9-20)16(25)13-28-17(26)7-12-24-18(27)14-5-1-2-6-15(14)21-22-24/h1-2,5-6H,3-4,7,10-13H2. The van der Waals surface area contributed by atoms with Crippen molar-refractivity contribution < 1.29 is 14.3 Å². The van der Waals surface area contributed by atoms with Crippen LogP contribution >= 0.6 is 0 Å².